The molecule has 8 nitrogen and oxygen atoms in total. The van der Waals surface area contributed by atoms with Crippen molar-refractivity contribution in [3.63, 3.8) is 0 Å². The highest BCUT2D eigenvalue weighted by atomic mass is 16.6. The molecule has 0 spiro atoms. The van der Waals surface area contributed by atoms with Crippen LogP contribution in [0.2, 0.25) is 0 Å². The van der Waals surface area contributed by atoms with Gasteiger partial charge in [-0.2, -0.15) is 0 Å². The van der Waals surface area contributed by atoms with Gasteiger partial charge < -0.3 is 24.5 Å². The quantitative estimate of drug-likeness (QED) is 0.686. The maximum atomic E-state index is 12.5. The summed E-state index contributed by atoms with van der Waals surface area (Å²) in [6, 6.07) is 7.66. The van der Waals surface area contributed by atoms with Crippen LogP contribution in [0.4, 0.5) is 0 Å². The SMILES string of the molecule is COc1ccc(C[C@H]2NC[C@H](O)[C@H]2OC(=O)CN2CCn3ccnc3C2)cc1. The lowest BCUT2D eigenvalue weighted by atomic mass is 10.0. The molecule has 0 aliphatic carbocycles. The van der Waals surface area contributed by atoms with E-state index in [1.807, 2.05) is 35.4 Å². The lowest BCUT2D eigenvalue weighted by Crippen LogP contribution is -2.43. The lowest BCUT2D eigenvalue weighted by molar-refractivity contribution is -0.155. The third kappa shape index (κ3) is 4.19. The van der Waals surface area contributed by atoms with E-state index in [1.54, 1.807) is 13.3 Å². The van der Waals surface area contributed by atoms with Gasteiger partial charge in [-0.25, -0.2) is 4.98 Å². The monoisotopic (exact) mass is 386 g/mol. The molecule has 0 radical (unpaired) electrons. The minimum atomic E-state index is -0.701. The Labute approximate surface area is 164 Å². The van der Waals surface area contributed by atoms with Crippen LogP contribution in [0, 0.1) is 0 Å². The van der Waals surface area contributed by atoms with Crippen LogP contribution in [0.25, 0.3) is 0 Å². The Bertz CT molecular complexity index is 807. The largest absolute Gasteiger partial charge is 0.497 e. The molecule has 28 heavy (non-hydrogen) atoms. The molecule has 1 aromatic heterocycles. The number of aliphatic hydroxyl groups excluding tert-OH is 1. The van der Waals surface area contributed by atoms with Crippen LogP contribution in [0.3, 0.4) is 0 Å². The van der Waals surface area contributed by atoms with Crippen molar-refractivity contribution in [1.82, 2.24) is 19.8 Å². The summed E-state index contributed by atoms with van der Waals surface area (Å²) in [5.41, 5.74) is 1.09. The molecular formula is C20H26N4O4. The van der Waals surface area contributed by atoms with Gasteiger partial charge in [-0.1, -0.05) is 12.1 Å². The Balaban J connectivity index is 1.33. The van der Waals surface area contributed by atoms with Crippen LogP contribution >= 0.6 is 0 Å². The van der Waals surface area contributed by atoms with Crippen molar-refractivity contribution >= 4 is 5.97 Å². The van der Waals surface area contributed by atoms with E-state index in [9.17, 15) is 9.90 Å². The number of β-amino-alcohol motifs (C(OH)–C–C–N with tert-alkyl or cyclic N) is 1. The zero-order valence-corrected chi connectivity index (χ0v) is 16.0. The molecular weight excluding hydrogens is 360 g/mol. The molecule has 3 heterocycles. The van der Waals surface area contributed by atoms with Gasteiger partial charge in [-0.05, 0) is 24.1 Å². The number of aromatic nitrogens is 2. The van der Waals surface area contributed by atoms with Gasteiger partial charge in [0.25, 0.3) is 0 Å². The van der Waals surface area contributed by atoms with Crippen LogP contribution < -0.4 is 10.1 Å². The number of nitrogens with one attached hydrogen (secondary N) is 1. The molecule has 0 unspecified atom stereocenters. The number of methoxy groups -OCH3 is 1. The lowest BCUT2D eigenvalue weighted by Gasteiger charge is -2.28. The fourth-order valence-electron chi connectivity index (χ4n) is 3.87. The second-order valence-corrected chi connectivity index (χ2v) is 7.34. The van der Waals surface area contributed by atoms with Crippen molar-refractivity contribution < 1.29 is 19.4 Å². The van der Waals surface area contributed by atoms with E-state index in [2.05, 4.69) is 14.9 Å². The number of hydrogen-bond acceptors (Lipinski definition) is 7. The van der Waals surface area contributed by atoms with Crippen LogP contribution in [-0.2, 0) is 29.0 Å². The van der Waals surface area contributed by atoms with E-state index in [-0.39, 0.29) is 18.6 Å². The van der Waals surface area contributed by atoms with Crippen LogP contribution in [-0.4, -0.2) is 70.5 Å². The first-order chi connectivity index (χ1) is 13.6. The predicted octanol–water partition coefficient (Wildman–Crippen LogP) is 0.195. The highest BCUT2D eigenvalue weighted by Crippen LogP contribution is 2.20. The van der Waals surface area contributed by atoms with Crippen molar-refractivity contribution in [3.8, 4) is 5.75 Å². The van der Waals surface area contributed by atoms with Crippen LogP contribution in [0.15, 0.2) is 36.7 Å². The molecule has 2 aliphatic rings. The first-order valence-electron chi connectivity index (χ1n) is 9.58. The van der Waals surface area contributed by atoms with Gasteiger partial charge in [-0.15, -0.1) is 0 Å². The average Bonchev–Trinajstić information content (AvgIpc) is 3.30. The topological polar surface area (TPSA) is 88.8 Å². The number of carbonyl (C=O) groups is 1. The molecule has 4 rings (SSSR count). The fourth-order valence-corrected chi connectivity index (χ4v) is 3.87. The van der Waals surface area contributed by atoms with Crippen molar-refractivity contribution in [2.45, 2.75) is 37.8 Å². The summed E-state index contributed by atoms with van der Waals surface area (Å²) in [4.78, 5) is 18.8. The van der Waals surface area contributed by atoms with E-state index in [0.29, 0.717) is 19.5 Å². The second-order valence-electron chi connectivity index (χ2n) is 7.34. The molecule has 0 bridgehead atoms. The Morgan fingerprint density at radius 1 is 1.32 bits per heavy atom. The second kappa shape index (κ2) is 8.30. The number of carbonyl (C=O) groups excluding carboxylic acids is 1. The van der Waals surface area contributed by atoms with Crippen molar-refractivity contribution in [1.29, 1.82) is 0 Å². The van der Waals surface area contributed by atoms with E-state index in [1.165, 1.54) is 0 Å². The first-order valence-corrected chi connectivity index (χ1v) is 9.58. The predicted molar refractivity (Wildman–Crippen MR) is 102 cm³/mol. The van der Waals surface area contributed by atoms with Gasteiger partial charge in [0.15, 0.2) is 0 Å². The zero-order valence-electron chi connectivity index (χ0n) is 16.0. The van der Waals surface area contributed by atoms with Crippen LogP contribution in [0.5, 0.6) is 5.75 Å². The summed E-state index contributed by atoms with van der Waals surface area (Å²) in [6.45, 7) is 2.84. The van der Waals surface area contributed by atoms with Gasteiger partial charge in [0.05, 0.1) is 26.2 Å². The maximum absolute atomic E-state index is 12.5. The number of nitrogens with zero attached hydrogens (tertiary/aromatic N) is 3. The van der Waals surface area contributed by atoms with Gasteiger partial charge in [0, 0.05) is 32.0 Å². The number of esters is 1. The molecule has 2 aliphatic heterocycles. The van der Waals surface area contributed by atoms with Gasteiger partial charge in [-0.3, -0.25) is 9.69 Å². The number of hydrogen-bond donors (Lipinski definition) is 2. The number of rotatable bonds is 6. The molecule has 0 saturated carbocycles. The highest BCUT2D eigenvalue weighted by Gasteiger charge is 2.38. The number of ether oxygens (including phenoxy) is 2. The molecule has 1 fully saturated rings. The maximum Gasteiger partial charge on any atom is 0.320 e. The normalized spacial score (nSPS) is 24.7. The van der Waals surface area contributed by atoms with Gasteiger partial charge in [0.1, 0.15) is 23.8 Å². The highest BCUT2D eigenvalue weighted by molar-refractivity contribution is 5.72. The van der Waals surface area contributed by atoms with E-state index in [4.69, 9.17) is 9.47 Å². The Hall–Kier alpha value is -2.42. The first kappa shape index (κ1) is 18.9. The molecule has 0 amide bonds. The van der Waals surface area contributed by atoms with E-state index < -0.39 is 12.2 Å². The smallest absolute Gasteiger partial charge is 0.320 e. The minimum Gasteiger partial charge on any atom is -0.497 e. The minimum absolute atomic E-state index is 0.118. The average molecular weight is 386 g/mol. The van der Waals surface area contributed by atoms with E-state index in [0.717, 1.165) is 30.2 Å². The third-order valence-corrected chi connectivity index (χ3v) is 5.42. The Kier molecular flexibility index (Phi) is 5.61. The van der Waals surface area contributed by atoms with Gasteiger partial charge >= 0.3 is 5.97 Å². The van der Waals surface area contributed by atoms with E-state index >= 15 is 0 Å². The molecule has 1 aromatic carbocycles. The zero-order chi connectivity index (χ0) is 19.5. The van der Waals surface area contributed by atoms with Crippen molar-refractivity contribution in [2.75, 3.05) is 26.7 Å². The van der Waals surface area contributed by atoms with Crippen LogP contribution in [0.1, 0.15) is 11.4 Å². The molecule has 2 N–H and O–H groups in total. The Morgan fingerprint density at radius 2 is 2.14 bits per heavy atom. The van der Waals surface area contributed by atoms with Gasteiger partial charge in [0.2, 0.25) is 0 Å². The molecule has 3 atom stereocenters. The summed E-state index contributed by atoms with van der Waals surface area (Å²) >= 11 is 0. The molecule has 2 aromatic rings. The summed E-state index contributed by atoms with van der Waals surface area (Å²) in [6.07, 6.45) is 3.14. The molecule has 1 saturated heterocycles. The summed E-state index contributed by atoms with van der Waals surface area (Å²) in [5.74, 6) is 1.44. The van der Waals surface area contributed by atoms with Crippen molar-refractivity contribution in [3.05, 3.63) is 48.0 Å². The number of benzene rings is 1. The summed E-state index contributed by atoms with van der Waals surface area (Å²) in [5, 5.41) is 13.6. The Morgan fingerprint density at radius 3 is 2.93 bits per heavy atom. The van der Waals surface area contributed by atoms with Crippen molar-refractivity contribution in [2.24, 2.45) is 0 Å². The number of fused-ring (bicyclic) bond motifs is 1. The number of imidazole rings is 1. The standard InChI is InChI=1S/C20H26N4O4/c1-27-15-4-2-14(3-5-15)10-16-20(17(25)11-22-16)28-19(26)13-23-8-9-24-7-6-21-18(24)12-23/h2-7,16-17,20,22,25H,8-13H2,1H3/t16-,17+,20+/m1/s1. The molecule has 150 valence electrons. The third-order valence-electron chi connectivity index (χ3n) is 5.42. The summed E-state index contributed by atoms with van der Waals surface area (Å²) in [7, 11) is 1.63. The fraction of sp³-hybridized carbons (Fsp3) is 0.500. The summed E-state index contributed by atoms with van der Waals surface area (Å²) < 4.78 is 13.0. The number of aliphatic hydroxyl groups is 1. The molecule has 8 heteroatoms.